The topological polar surface area (TPSA) is 12.0 Å². The molecule has 0 aromatic heterocycles. The van der Waals surface area contributed by atoms with Crippen LogP contribution in [0.4, 0.5) is 22.0 Å². The third-order valence-corrected chi connectivity index (χ3v) is 2.18. The van der Waals surface area contributed by atoms with Crippen LogP contribution in [0.2, 0.25) is 0 Å². The quantitative estimate of drug-likeness (QED) is 0.811. The molecule has 0 fully saturated rings. The van der Waals surface area contributed by atoms with Crippen molar-refractivity contribution in [1.29, 1.82) is 0 Å². The number of benzene rings is 1. The number of rotatable bonds is 4. The minimum Gasteiger partial charge on any atom is -0.310 e. The van der Waals surface area contributed by atoms with E-state index in [0.717, 1.165) is 12.1 Å². The minimum atomic E-state index is -4.24. The molecule has 0 radical (unpaired) electrons. The van der Waals surface area contributed by atoms with Crippen molar-refractivity contribution in [2.75, 3.05) is 0 Å². The average Bonchev–Trinajstić information content (AvgIpc) is 2.17. The molecule has 1 aromatic carbocycles. The Bertz CT molecular complexity index is 375. The average molecular weight is 253 g/mol. The number of hydrogen-bond acceptors (Lipinski definition) is 1. The Hall–Kier alpha value is -1.17. The molecule has 0 aliphatic heterocycles. The highest BCUT2D eigenvalue weighted by Crippen LogP contribution is 2.21. The van der Waals surface area contributed by atoms with E-state index in [1.165, 1.54) is 13.0 Å². The Kier molecular flexibility index (Phi) is 4.45. The number of hydrogen-bond donors (Lipinski definition) is 1. The van der Waals surface area contributed by atoms with Crippen molar-refractivity contribution in [3.8, 4) is 0 Å². The van der Waals surface area contributed by atoms with E-state index < -0.39 is 30.3 Å². The third kappa shape index (κ3) is 5.12. The van der Waals surface area contributed by atoms with Gasteiger partial charge in [-0.25, -0.2) is 8.78 Å². The fraction of sp³-hybridized carbons (Fsp3) is 0.455. The van der Waals surface area contributed by atoms with Crippen LogP contribution in [0.15, 0.2) is 18.2 Å². The molecule has 1 nitrogen and oxygen atoms in total. The van der Waals surface area contributed by atoms with E-state index in [1.807, 2.05) is 0 Å². The fourth-order valence-electron chi connectivity index (χ4n) is 1.36. The maximum atomic E-state index is 12.8. The molecule has 1 N–H and O–H groups in total. The van der Waals surface area contributed by atoms with E-state index in [-0.39, 0.29) is 6.54 Å². The molecule has 0 spiro atoms. The van der Waals surface area contributed by atoms with Crippen LogP contribution in [0.1, 0.15) is 18.9 Å². The molecule has 17 heavy (non-hydrogen) atoms. The first-order valence-electron chi connectivity index (χ1n) is 5.02. The molecular formula is C11H12F5N. The van der Waals surface area contributed by atoms with Crippen LogP contribution in [0.25, 0.3) is 0 Å². The number of nitrogens with one attached hydrogen (secondary N) is 1. The first-order chi connectivity index (χ1) is 7.78. The first kappa shape index (κ1) is 13.9. The van der Waals surface area contributed by atoms with E-state index >= 15 is 0 Å². The predicted octanol–water partition coefficient (Wildman–Crippen LogP) is 3.40. The summed E-state index contributed by atoms with van der Waals surface area (Å²) in [7, 11) is 0. The summed E-state index contributed by atoms with van der Waals surface area (Å²) in [4.78, 5) is 0. The molecular weight excluding hydrogens is 241 g/mol. The second-order valence-corrected chi connectivity index (χ2v) is 3.85. The van der Waals surface area contributed by atoms with Gasteiger partial charge < -0.3 is 5.32 Å². The SMILES string of the molecule is CC(CC(F)(F)F)NCc1ccc(F)c(F)c1. The maximum Gasteiger partial charge on any atom is 0.390 e. The van der Waals surface area contributed by atoms with Crippen LogP contribution >= 0.6 is 0 Å². The lowest BCUT2D eigenvalue weighted by Gasteiger charge is -2.15. The molecule has 0 heterocycles. The Morgan fingerprint density at radius 2 is 1.82 bits per heavy atom. The van der Waals surface area contributed by atoms with Gasteiger partial charge in [0, 0.05) is 12.6 Å². The van der Waals surface area contributed by atoms with Crippen molar-refractivity contribution in [1.82, 2.24) is 5.32 Å². The summed E-state index contributed by atoms with van der Waals surface area (Å²) in [6.07, 6.45) is -5.20. The predicted molar refractivity (Wildman–Crippen MR) is 53.3 cm³/mol. The molecule has 0 aliphatic carbocycles. The third-order valence-electron chi connectivity index (χ3n) is 2.18. The zero-order valence-corrected chi connectivity index (χ0v) is 9.11. The lowest BCUT2D eigenvalue weighted by molar-refractivity contribution is -0.139. The molecule has 0 amide bonds. The second kappa shape index (κ2) is 5.44. The maximum absolute atomic E-state index is 12.8. The summed E-state index contributed by atoms with van der Waals surface area (Å²) < 4.78 is 61.4. The Morgan fingerprint density at radius 3 is 2.35 bits per heavy atom. The molecule has 1 aromatic rings. The molecule has 0 aliphatic rings. The number of alkyl halides is 3. The van der Waals surface area contributed by atoms with Crippen molar-refractivity contribution < 1.29 is 22.0 Å². The Balaban J connectivity index is 2.47. The monoisotopic (exact) mass is 253 g/mol. The second-order valence-electron chi connectivity index (χ2n) is 3.85. The summed E-state index contributed by atoms with van der Waals surface area (Å²) in [6.45, 7) is 1.45. The first-order valence-corrected chi connectivity index (χ1v) is 5.02. The zero-order chi connectivity index (χ0) is 13.1. The molecule has 6 heteroatoms. The van der Waals surface area contributed by atoms with Crippen LogP contribution in [-0.2, 0) is 6.54 Å². The molecule has 0 saturated carbocycles. The van der Waals surface area contributed by atoms with Gasteiger partial charge in [0.25, 0.3) is 0 Å². The van der Waals surface area contributed by atoms with Crippen molar-refractivity contribution >= 4 is 0 Å². The largest absolute Gasteiger partial charge is 0.390 e. The molecule has 0 saturated heterocycles. The van der Waals surface area contributed by atoms with Gasteiger partial charge in [0.05, 0.1) is 6.42 Å². The lowest BCUT2D eigenvalue weighted by Crippen LogP contribution is -2.30. The molecule has 0 bridgehead atoms. The van der Waals surface area contributed by atoms with Crippen LogP contribution < -0.4 is 5.32 Å². The summed E-state index contributed by atoms with van der Waals surface area (Å²) in [5, 5.41) is 2.59. The van der Waals surface area contributed by atoms with Gasteiger partial charge in [0.2, 0.25) is 0 Å². The van der Waals surface area contributed by atoms with Crippen molar-refractivity contribution in [3.63, 3.8) is 0 Å². The highest BCUT2D eigenvalue weighted by Gasteiger charge is 2.29. The highest BCUT2D eigenvalue weighted by atomic mass is 19.4. The van der Waals surface area contributed by atoms with Crippen LogP contribution in [0, 0.1) is 11.6 Å². The standard InChI is InChI=1S/C11H12F5N/c1-7(5-11(14,15)16)17-6-8-2-3-9(12)10(13)4-8/h2-4,7,17H,5-6H2,1H3. The van der Waals surface area contributed by atoms with Crippen LogP contribution in [0.5, 0.6) is 0 Å². The van der Waals surface area contributed by atoms with E-state index in [4.69, 9.17) is 0 Å². The Labute approximate surface area is 95.6 Å². The van der Waals surface area contributed by atoms with E-state index in [1.54, 1.807) is 0 Å². The van der Waals surface area contributed by atoms with Gasteiger partial charge in [-0.1, -0.05) is 6.07 Å². The van der Waals surface area contributed by atoms with Crippen molar-refractivity contribution in [2.45, 2.75) is 32.1 Å². The van der Waals surface area contributed by atoms with Crippen LogP contribution in [0.3, 0.4) is 0 Å². The zero-order valence-electron chi connectivity index (χ0n) is 9.11. The smallest absolute Gasteiger partial charge is 0.310 e. The molecule has 1 unspecified atom stereocenters. The molecule has 1 rings (SSSR count). The summed E-state index contributed by atoms with van der Waals surface area (Å²) >= 11 is 0. The minimum absolute atomic E-state index is 0.0639. The van der Waals surface area contributed by atoms with Gasteiger partial charge in [0.15, 0.2) is 11.6 Å². The van der Waals surface area contributed by atoms with Crippen molar-refractivity contribution in [3.05, 3.63) is 35.4 Å². The lowest BCUT2D eigenvalue weighted by atomic mass is 10.2. The van der Waals surface area contributed by atoms with Gasteiger partial charge in [0.1, 0.15) is 0 Å². The fourth-order valence-corrected chi connectivity index (χ4v) is 1.36. The van der Waals surface area contributed by atoms with E-state index in [0.29, 0.717) is 5.56 Å². The van der Waals surface area contributed by atoms with Gasteiger partial charge >= 0.3 is 6.18 Å². The summed E-state index contributed by atoms with van der Waals surface area (Å²) in [5.41, 5.74) is 0.401. The van der Waals surface area contributed by atoms with Crippen molar-refractivity contribution in [2.24, 2.45) is 0 Å². The normalized spacial score (nSPS) is 13.8. The highest BCUT2D eigenvalue weighted by molar-refractivity contribution is 5.17. The van der Waals surface area contributed by atoms with Gasteiger partial charge in [-0.15, -0.1) is 0 Å². The van der Waals surface area contributed by atoms with Gasteiger partial charge in [-0.2, -0.15) is 13.2 Å². The molecule has 1 atom stereocenters. The Morgan fingerprint density at radius 1 is 1.18 bits per heavy atom. The number of halogens is 5. The van der Waals surface area contributed by atoms with Gasteiger partial charge in [-0.3, -0.25) is 0 Å². The summed E-state index contributed by atoms with van der Waals surface area (Å²) in [6, 6.07) is 2.46. The summed E-state index contributed by atoms with van der Waals surface area (Å²) in [5.74, 6) is -1.98. The molecule has 96 valence electrons. The van der Waals surface area contributed by atoms with E-state index in [2.05, 4.69) is 5.32 Å². The van der Waals surface area contributed by atoms with Crippen LogP contribution in [-0.4, -0.2) is 12.2 Å². The van der Waals surface area contributed by atoms with Gasteiger partial charge in [-0.05, 0) is 24.6 Å². The van der Waals surface area contributed by atoms with E-state index in [9.17, 15) is 22.0 Å².